The molecule has 34 heavy (non-hydrogen) atoms. The molecule has 0 N–H and O–H groups in total. The Balaban J connectivity index is 1.52. The topological polar surface area (TPSA) is 53.9 Å². The Hall–Kier alpha value is -5.06. The second kappa shape index (κ2) is 7.81. The fourth-order valence-electron chi connectivity index (χ4n) is 4.40. The van der Waals surface area contributed by atoms with Gasteiger partial charge in [-0.3, -0.25) is 4.98 Å². The third kappa shape index (κ3) is 3.23. The van der Waals surface area contributed by atoms with Gasteiger partial charge in [0, 0.05) is 17.0 Å². The van der Waals surface area contributed by atoms with Gasteiger partial charge in [-0.25, -0.2) is 9.83 Å². The molecular formula is C30H16N4. The van der Waals surface area contributed by atoms with Gasteiger partial charge in [-0.2, -0.15) is 5.26 Å². The molecule has 0 atom stereocenters. The molecule has 0 aliphatic heterocycles. The second-order valence-electron chi connectivity index (χ2n) is 8.14. The third-order valence-corrected chi connectivity index (χ3v) is 6.13. The number of hydrogen-bond acceptors (Lipinski definition) is 3. The van der Waals surface area contributed by atoms with Crippen LogP contribution in [0, 0.1) is 17.9 Å². The molecule has 0 radical (unpaired) electrons. The van der Waals surface area contributed by atoms with Crippen LogP contribution in [0.15, 0.2) is 97.2 Å². The lowest BCUT2D eigenvalue weighted by Crippen LogP contribution is -1.90. The van der Waals surface area contributed by atoms with Gasteiger partial charge in [0.1, 0.15) is 0 Å². The van der Waals surface area contributed by atoms with Crippen molar-refractivity contribution in [1.82, 2.24) is 9.97 Å². The van der Waals surface area contributed by atoms with Gasteiger partial charge in [0.05, 0.1) is 34.8 Å². The maximum absolute atomic E-state index is 9.03. The zero-order valence-corrected chi connectivity index (χ0v) is 18.0. The largest absolute Gasteiger partial charge is 0.254 e. The highest BCUT2D eigenvalue weighted by Gasteiger charge is 2.12. The number of aromatic nitrogens is 2. The number of nitriles is 1. The number of benzene rings is 4. The first-order chi connectivity index (χ1) is 16.7. The zero-order chi connectivity index (χ0) is 23.1. The lowest BCUT2D eigenvalue weighted by molar-refractivity contribution is 1.40. The van der Waals surface area contributed by atoms with E-state index >= 15 is 0 Å². The predicted octanol–water partition coefficient (Wildman–Crippen LogP) is 7.69. The maximum atomic E-state index is 9.03. The van der Waals surface area contributed by atoms with Crippen LogP contribution in [0.2, 0.25) is 0 Å². The van der Waals surface area contributed by atoms with Crippen LogP contribution in [0.5, 0.6) is 0 Å². The first kappa shape index (κ1) is 19.6. The van der Waals surface area contributed by atoms with E-state index in [9.17, 15) is 0 Å². The van der Waals surface area contributed by atoms with Crippen molar-refractivity contribution >= 4 is 38.4 Å². The fourth-order valence-corrected chi connectivity index (χ4v) is 4.40. The Kier molecular flexibility index (Phi) is 4.51. The minimum Gasteiger partial charge on any atom is -0.254 e. The van der Waals surface area contributed by atoms with Crippen molar-refractivity contribution in [3.05, 3.63) is 114 Å². The van der Waals surface area contributed by atoms with Crippen LogP contribution in [0.1, 0.15) is 5.56 Å². The molecule has 0 amide bonds. The molecule has 4 nitrogen and oxygen atoms in total. The molecule has 4 aromatic carbocycles. The van der Waals surface area contributed by atoms with E-state index in [-0.39, 0.29) is 0 Å². The normalized spacial score (nSPS) is 10.9. The monoisotopic (exact) mass is 432 g/mol. The summed E-state index contributed by atoms with van der Waals surface area (Å²) < 4.78 is 0. The Morgan fingerprint density at radius 1 is 0.735 bits per heavy atom. The molecule has 0 saturated heterocycles. The molecule has 6 rings (SSSR count). The molecule has 0 aliphatic carbocycles. The minimum atomic E-state index is 0.579. The van der Waals surface area contributed by atoms with Crippen molar-refractivity contribution in [2.45, 2.75) is 0 Å². The number of fused-ring (bicyclic) bond motifs is 4. The highest BCUT2D eigenvalue weighted by Crippen LogP contribution is 2.35. The van der Waals surface area contributed by atoms with Crippen molar-refractivity contribution in [3.63, 3.8) is 0 Å². The summed E-state index contributed by atoms with van der Waals surface area (Å²) in [5.41, 5.74) is 8.08. The summed E-state index contributed by atoms with van der Waals surface area (Å²) in [6, 6.07) is 32.1. The van der Waals surface area contributed by atoms with Gasteiger partial charge in [-0.05, 0) is 64.0 Å². The average molecular weight is 432 g/mol. The van der Waals surface area contributed by atoms with E-state index < -0.39 is 0 Å². The molecule has 0 unspecified atom stereocenters. The summed E-state index contributed by atoms with van der Waals surface area (Å²) >= 11 is 0. The average Bonchev–Trinajstić information content (AvgIpc) is 2.91. The van der Waals surface area contributed by atoms with Gasteiger partial charge in [0.15, 0.2) is 5.69 Å². The van der Waals surface area contributed by atoms with E-state index in [0.717, 1.165) is 55.0 Å². The molecular weight excluding hydrogens is 416 g/mol. The van der Waals surface area contributed by atoms with E-state index in [1.165, 1.54) is 0 Å². The van der Waals surface area contributed by atoms with Crippen molar-refractivity contribution in [2.24, 2.45) is 0 Å². The molecule has 0 saturated carbocycles. The molecule has 156 valence electrons. The lowest BCUT2D eigenvalue weighted by atomic mass is 9.95. The molecule has 0 aliphatic rings. The maximum Gasteiger partial charge on any atom is 0.189 e. The molecule has 0 fully saturated rings. The van der Waals surface area contributed by atoms with Crippen molar-refractivity contribution < 1.29 is 0 Å². The van der Waals surface area contributed by atoms with Gasteiger partial charge < -0.3 is 0 Å². The van der Waals surface area contributed by atoms with Crippen LogP contribution >= 0.6 is 0 Å². The Morgan fingerprint density at radius 2 is 1.47 bits per heavy atom. The summed E-state index contributed by atoms with van der Waals surface area (Å²) in [7, 11) is 0. The molecule has 2 heterocycles. The SMILES string of the molecule is [C-]#[N+]c1ccc2cc3cc(-c4ccc(-c5ccc(C#N)cc5)cc4)c4cccnc4c3nc2c1. The van der Waals surface area contributed by atoms with Crippen LogP contribution < -0.4 is 0 Å². The number of nitrogens with zero attached hydrogens (tertiary/aromatic N) is 4. The van der Waals surface area contributed by atoms with Gasteiger partial charge >= 0.3 is 0 Å². The lowest BCUT2D eigenvalue weighted by Gasteiger charge is -2.12. The zero-order valence-electron chi connectivity index (χ0n) is 18.0. The third-order valence-electron chi connectivity index (χ3n) is 6.13. The van der Waals surface area contributed by atoms with Gasteiger partial charge in [0.25, 0.3) is 0 Å². The minimum absolute atomic E-state index is 0.579. The molecule has 0 spiro atoms. The first-order valence-corrected chi connectivity index (χ1v) is 10.8. The van der Waals surface area contributed by atoms with E-state index in [4.69, 9.17) is 16.8 Å². The predicted molar refractivity (Wildman–Crippen MR) is 136 cm³/mol. The van der Waals surface area contributed by atoms with Crippen LogP contribution in [0.4, 0.5) is 5.69 Å². The van der Waals surface area contributed by atoms with Crippen molar-refractivity contribution in [1.29, 1.82) is 5.26 Å². The molecule has 4 heteroatoms. The standard InChI is InChI=1S/C30H16N4/c1-32-25-13-12-23-15-24-16-27(26-3-2-14-33-30(26)29(24)34-28(23)17-25)22-10-8-21(9-11-22)20-6-4-19(18-31)5-7-20/h2-17H. The van der Waals surface area contributed by atoms with Gasteiger partial charge in [-0.1, -0.05) is 54.6 Å². The van der Waals surface area contributed by atoms with Crippen molar-refractivity contribution in [3.8, 4) is 28.3 Å². The number of rotatable bonds is 2. The van der Waals surface area contributed by atoms with Crippen LogP contribution in [0.25, 0.3) is 59.8 Å². The molecule has 2 aromatic heterocycles. The van der Waals surface area contributed by atoms with E-state index in [2.05, 4.69) is 58.4 Å². The van der Waals surface area contributed by atoms with Crippen LogP contribution in [0.3, 0.4) is 0 Å². The smallest absolute Gasteiger partial charge is 0.189 e. The summed E-state index contributed by atoms with van der Waals surface area (Å²) in [6.07, 6.45) is 1.79. The molecule has 0 bridgehead atoms. The fraction of sp³-hybridized carbons (Fsp3) is 0. The van der Waals surface area contributed by atoms with Gasteiger partial charge in [-0.15, -0.1) is 0 Å². The quantitative estimate of drug-likeness (QED) is 0.160. The summed E-state index contributed by atoms with van der Waals surface area (Å²) in [6.45, 7) is 7.30. The summed E-state index contributed by atoms with van der Waals surface area (Å²) in [5.74, 6) is 0. The van der Waals surface area contributed by atoms with Gasteiger partial charge in [0.2, 0.25) is 0 Å². The summed E-state index contributed by atoms with van der Waals surface area (Å²) in [4.78, 5) is 13.1. The van der Waals surface area contributed by atoms with E-state index in [1.807, 2.05) is 48.5 Å². The highest BCUT2D eigenvalue weighted by atomic mass is 14.8. The van der Waals surface area contributed by atoms with Crippen LogP contribution in [-0.4, -0.2) is 9.97 Å². The molecule has 6 aromatic rings. The Morgan fingerprint density at radius 3 is 2.21 bits per heavy atom. The van der Waals surface area contributed by atoms with Crippen LogP contribution in [-0.2, 0) is 0 Å². The highest BCUT2D eigenvalue weighted by molar-refractivity contribution is 6.12. The van der Waals surface area contributed by atoms with E-state index in [0.29, 0.717) is 11.3 Å². The number of hydrogen-bond donors (Lipinski definition) is 0. The Labute approximate surface area is 196 Å². The second-order valence-corrected chi connectivity index (χ2v) is 8.14. The van der Waals surface area contributed by atoms with Crippen molar-refractivity contribution in [2.75, 3.05) is 0 Å². The summed E-state index contributed by atoms with van der Waals surface area (Å²) in [5, 5.41) is 12.1. The van der Waals surface area contributed by atoms with E-state index in [1.54, 1.807) is 6.20 Å². The number of pyridine rings is 2. The first-order valence-electron chi connectivity index (χ1n) is 10.8. The Bertz CT molecular complexity index is 1800.